The summed E-state index contributed by atoms with van der Waals surface area (Å²) in [6.07, 6.45) is -4.86. The van der Waals surface area contributed by atoms with Crippen LogP contribution in [0, 0.1) is 11.3 Å². The summed E-state index contributed by atoms with van der Waals surface area (Å²) in [5.41, 5.74) is 11.5. The molecule has 0 fully saturated rings. The molecule has 3 heterocycles. The summed E-state index contributed by atoms with van der Waals surface area (Å²) in [5, 5.41) is 22.9. The van der Waals surface area contributed by atoms with Gasteiger partial charge in [0.05, 0.1) is 16.3 Å². The minimum atomic E-state index is -4.86. The van der Waals surface area contributed by atoms with Gasteiger partial charge in [0.2, 0.25) is 11.8 Å². The van der Waals surface area contributed by atoms with Gasteiger partial charge in [0.1, 0.15) is 17.7 Å². The smallest absolute Gasteiger partial charge is 0.383 e. The molecule has 18 heteroatoms. The highest BCUT2D eigenvalue weighted by molar-refractivity contribution is 6.36. The van der Waals surface area contributed by atoms with Crippen molar-refractivity contribution in [3.8, 4) is 17.3 Å². The first-order valence-electron chi connectivity index (χ1n) is 11.3. The molecule has 0 aliphatic carbocycles. The van der Waals surface area contributed by atoms with Crippen LogP contribution >= 0.6 is 23.2 Å². The fraction of sp³-hybridized carbons (Fsp3) is 0.174. The van der Waals surface area contributed by atoms with Crippen molar-refractivity contribution in [1.29, 1.82) is 5.26 Å². The number of hydrogen-bond acceptors (Lipinski definition) is 10. The van der Waals surface area contributed by atoms with E-state index in [1.165, 1.54) is 11.6 Å². The average Bonchev–Trinajstić information content (AvgIpc) is 3.35. The van der Waals surface area contributed by atoms with Crippen molar-refractivity contribution in [2.75, 3.05) is 36.5 Å². The summed E-state index contributed by atoms with van der Waals surface area (Å²) in [6.45, 7) is 0.862. The lowest BCUT2D eigenvalue weighted by Crippen LogP contribution is -2.30. The van der Waals surface area contributed by atoms with E-state index < -0.39 is 18.0 Å². The monoisotopic (exact) mass is 609 g/mol. The highest BCUT2D eigenvalue weighted by Gasteiger charge is 2.35. The van der Waals surface area contributed by atoms with Crippen molar-refractivity contribution in [3.05, 3.63) is 57.8 Å². The Bertz CT molecular complexity index is 1640. The van der Waals surface area contributed by atoms with Crippen LogP contribution in [-0.2, 0) is 4.79 Å². The molecule has 0 spiro atoms. The van der Waals surface area contributed by atoms with Crippen LogP contribution in [0.15, 0.2) is 36.4 Å². The quantitative estimate of drug-likeness (QED) is 0.194. The minimum absolute atomic E-state index is 0.00193. The maximum Gasteiger partial charge on any atom is 0.470 e. The minimum Gasteiger partial charge on any atom is -0.383 e. The van der Waals surface area contributed by atoms with Crippen LogP contribution in [0.1, 0.15) is 16.2 Å². The van der Waals surface area contributed by atoms with Crippen LogP contribution in [0.2, 0.25) is 10.0 Å². The van der Waals surface area contributed by atoms with Gasteiger partial charge in [-0.1, -0.05) is 23.2 Å². The van der Waals surface area contributed by atoms with Crippen LogP contribution in [0.5, 0.6) is 0 Å². The number of hydrogen-bond donors (Lipinski definition) is 5. The fourth-order valence-corrected chi connectivity index (χ4v) is 3.59. The maximum absolute atomic E-state index is 12.1. The van der Waals surface area contributed by atoms with Crippen LogP contribution in [0.25, 0.3) is 16.9 Å². The van der Waals surface area contributed by atoms with Crippen LogP contribution in [-0.4, -0.2) is 62.7 Å². The number of pyridine rings is 1. The molecule has 2 amide bonds. The SMILES string of the molecule is CNC(=O)c1nc2cc(-c3ccc(Cl)cc3Cl)nc(NCCNc3ccc(C#N)c(N)n3)n2n1.NC(=O)C(F)(F)F. The first kappa shape index (κ1) is 30.7. The van der Waals surface area contributed by atoms with E-state index >= 15 is 0 Å². The van der Waals surface area contributed by atoms with Crippen LogP contribution in [0.4, 0.5) is 30.8 Å². The highest BCUT2D eigenvalue weighted by atomic mass is 35.5. The van der Waals surface area contributed by atoms with E-state index in [2.05, 4.69) is 41.7 Å². The number of nitrogens with one attached hydrogen (secondary N) is 3. The molecule has 0 atom stereocenters. The van der Waals surface area contributed by atoms with Gasteiger partial charge in [0.25, 0.3) is 5.91 Å². The number of nitrogens with zero attached hydrogens (tertiary/aromatic N) is 6. The zero-order valence-corrected chi connectivity index (χ0v) is 22.4. The number of primary amides is 1. The number of carbonyl (C=O) groups excluding carboxylic acids is 2. The first-order valence-corrected chi connectivity index (χ1v) is 12.1. The lowest BCUT2D eigenvalue weighted by molar-refractivity contribution is -0.169. The number of nitriles is 1. The predicted octanol–water partition coefficient (Wildman–Crippen LogP) is 2.86. The van der Waals surface area contributed by atoms with Crippen molar-refractivity contribution in [2.24, 2.45) is 5.73 Å². The summed E-state index contributed by atoms with van der Waals surface area (Å²) in [7, 11) is 1.50. The van der Waals surface area contributed by atoms with E-state index in [9.17, 15) is 18.0 Å². The molecule has 41 heavy (non-hydrogen) atoms. The molecular weight excluding hydrogens is 590 g/mol. The molecule has 3 aromatic heterocycles. The Morgan fingerprint density at radius 2 is 1.76 bits per heavy atom. The molecule has 13 nitrogen and oxygen atoms in total. The first-order chi connectivity index (χ1) is 19.3. The number of nitrogen functional groups attached to an aromatic ring is 1. The Labute approximate surface area is 239 Å². The normalized spacial score (nSPS) is 10.8. The summed E-state index contributed by atoms with van der Waals surface area (Å²) >= 11 is 12.4. The lowest BCUT2D eigenvalue weighted by Gasteiger charge is -2.11. The molecule has 0 bridgehead atoms. The lowest BCUT2D eigenvalue weighted by atomic mass is 10.1. The summed E-state index contributed by atoms with van der Waals surface area (Å²) < 4.78 is 33.6. The average molecular weight is 610 g/mol. The van der Waals surface area contributed by atoms with E-state index in [1.807, 2.05) is 6.07 Å². The second-order valence-electron chi connectivity index (χ2n) is 7.83. The van der Waals surface area contributed by atoms with Gasteiger partial charge >= 0.3 is 12.1 Å². The molecular formula is C23H20Cl2F3N11O2. The third kappa shape index (κ3) is 7.84. The van der Waals surface area contributed by atoms with Crippen molar-refractivity contribution >= 4 is 58.2 Å². The maximum atomic E-state index is 12.1. The fourth-order valence-electron chi connectivity index (χ4n) is 3.08. The van der Waals surface area contributed by atoms with Crippen molar-refractivity contribution in [3.63, 3.8) is 0 Å². The second-order valence-corrected chi connectivity index (χ2v) is 8.67. The molecule has 0 saturated carbocycles. The van der Waals surface area contributed by atoms with E-state index in [-0.39, 0.29) is 11.6 Å². The van der Waals surface area contributed by atoms with Gasteiger partial charge < -0.3 is 27.4 Å². The number of aromatic nitrogens is 5. The number of fused-ring (bicyclic) bond motifs is 1. The van der Waals surface area contributed by atoms with Crippen LogP contribution < -0.4 is 27.4 Å². The van der Waals surface area contributed by atoms with Gasteiger partial charge in [-0.3, -0.25) is 9.59 Å². The Balaban J connectivity index is 0.000000587. The van der Waals surface area contributed by atoms with Crippen molar-refractivity contribution in [2.45, 2.75) is 6.18 Å². The Hall–Kier alpha value is -4.88. The van der Waals surface area contributed by atoms with E-state index in [1.54, 1.807) is 36.4 Å². The molecule has 7 N–H and O–H groups in total. The van der Waals surface area contributed by atoms with E-state index in [0.717, 1.165) is 0 Å². The molecule has 0 aliphatic rings. The molecule has 0 unspecified atom stereocenters. The molecule has 4 rings (SSSR count). The van der Waals surface area contributed by atoms with Gasteiger partial charge in [-0.05, 0) is 30.3 Å². The number of benzene rings is 1. The number of carbonyl (C=O) groups is 2. The van der Waals surface area contributed by atoms with Gasteiger partial charge in [-0.15, -0.1) is 5.10 Å². The summed E-state index contributed by atoms with van der Waals surface area (Å²) in [4.78, 5) is 34.3. The molecule has 1 aromatic carbocycles. The Kier molecular flexibility index (Phi) is 9.71. The largest absolute Gasteiger partial charge is 0.470 e. The highest BCUT2D eigenvalue weighted by Crippen LogP contribution is 2.30. The second kappa shape index (κ2) is 13.0. The van der Waals surface area contributed by atoms with Gasteiger partial charge in [0, 0.05) is 36.8 Å². The zero-order chi connectivity index (χ0) is 30.3. The molecule has 0 saturated heterocycles. The zero-order valence-electron chi connectivity index (χ0n) is 20.9. The standard InChI is InChI=1S/C21H18Cl2N10O.C2H2F3NO/c1-26-20(34)19-31-17-9-15(13-4-3-12(22)8-14(13)23)29-21(33(17)32-19)28-7-6-27-16-5-2-11(10-24)18(25)30-16;3-2(4,5)1(6)7/h2-5,8-9H,6-7H2,1H3,(H,26,34)(H,28,29)(H3,25,27,30);(H2,6,7). The van der Waals surface area contributed by atoms with E-state index in [4.69, 9.17) is 39.0 Å². The van der Waals surface area contributed by atoms with E-state index in [0.29, 0.717) is 57.4 Å². The summed E-state index contributed by atoms with van der Waals surface area (Å²) in [5.74, 6) is -1.64. The van der Waals surface area contributed by atoms with Gasteiger partial charge in [-0.2, -0.15) is 22.9 Å². The molecule has 214 valence electrons. The number of amides is 2. The molecule has 4 aromatic rings. The third-order valence-corrected chi connectivity index (χ3v) is 5.55. The summed E-state index contributed by atoms with van der Waals surface area (Å²) in [6, 6.07) is 12.0. The predicted molar refractivity (Wildman–Crippen MR) is 145 cm³/mol. The Morgan fingerprint density at radius 1 is 1.07 bits per heavy atom. The topological polar surface area (TPSA) is 202 Å². The number of rotatable bonds is 7. The number of halogens is 5. The van der Waals surface area contributed by atoms with Gasteiger partial charge in [0.15, 0.2) is 5.65 Å². The number of alkyl halides is 3. The number of anilines is 3. The van der Waals surface area contributed by atoms with Crippen LogP contribution in [0.3, 0.4) is 0 Å². The molecule has 0 radical (unpaired) electrons. The molecule has 0 aliphatic heterocycles. The van der Waals surface area contributed by atoms with Crippen molar-refractivity contribution < 1.29 is 22.8 Å². The Morgan fingerprint density at radius 3 is 2.34 bits per heavy atom. The van der Waals surface area contributed by atoms with Gasteiger partial charge in [-0.25, -0.2) is 15.0 Å². The third-order valence-electron chi connectivity index (χ3n) is 5.00. The number of nitrogens with two attached hydrogens (primary N) is 2. The van der Waals surface area contributed by atoms with Crippen molar-refractivity contribution in [1.82, 2.24) is 29.9 Å².